The fourth-order valence-corrected chi connectivity index (χ4v) is 5.14. The summed E-state index contributed by atoms with van der Waals surface area (Å²) >= 11 is 0. The Balaban J connectivity index is 1.67. The smallest absolute Gasteiger partial charge is 0.343 e. The molecule has 0 saturated heterocycles. The standard InChI is InChI=1S/C29H26N4O3/c1-17-7-11-19(12-8-17)32-27(34)24(28(35)33(29(32)36)20-13-9-18(2)10-14-20)26-25-22(15-16-30-26)21-5-3-4-6-23(21)31-25/h3-14,26,30-31,34H,15-16H2,1-2H3/t26-/m0/s1. The van der Waals surface area contributed by atoms with Crippen molar-refractivity contribution in [3.8, 4) is 17.3 Å². The molecule has 0 amide bonds. The Morgan fingerprint density at radius 1 is 0.833 bits per heavy atom. The zero-order valence-corrected chi connectivity index (χ0v) is 20.1. The van der Waals surface area contributed by atoms with Gasteiger partial charge in [-0.2, -0.15) is 0 Å². The number of aromatic hydroxyl groups is 1. The number of hydrogen-bond donors (Lipinski definition) is 3. The number of aryl methyl sites for hydroxylation is 2. The van der Waals surface area contributed by atoms with Gasteiger partial charge in [0.1, 0.15) is 5.56 Å². The Labute approximate surface area is 207 Å². The van der Waals surface area contributed by atoms with Crippen LogP contribution in [0.3, 0.4) is 0 Å². The molecule has 0 radical (unpaired) electrons. The van der Waals surface area contributed by atoms with Gasteiger partial charge in [-0.25, -0.2) is 13.9 Å². The number of nitrogens with zero attached hydrogens (tertiary/aromatic N) is 2. The van der Waals surface area contributed by atoms with Gasteiger partial charge in [0, 0.05) is 23.1 Å². The minimum Gasteiger partial charge on any atom is -0.494 e. The lowest BCUT2D eigenvalue weighted by molar-refractivity contribution is 0.406. The van der Waals surface area contributed by atoms with E-state index >= 15 is 0 Å². The van der Waals surface area contributed by atoms with E-state index in [4.69, 9.17) is 0 Å². The predicted molar refractivity (Wildman–Crippen MR) is 141 cm³/mol. The average Bonchev–Trinajstić information content (AvgIpc) is 3.26. The number of fused-ring (bicyclic) bond motifs is 3. The molecule has 0 aliphatic carbocycles. The summed E-state index contributed by atoms with van der Waals surface area (Å²) in [6.07, 6.45) is 0.792. The van der Waals surface area contributed by atoms with Crippen LogP contribution in [0.25, 0.3) is 22.3 Å². The molecule has 6 rings (SSSR count). The highest BCUT2D eigenvalue weighted by Crippen LogP contribution is 2.35. The van der Waals surface area contributed by atoms with Crippen LogP contribution in [0.2, 0.25) is 0 Å². The molecule has 0 saturated carbocycles. The monoisotopic (exact) mass is 478 g/mol. The number of para-hydroxylation sites is 1. The Morgan fingerprint density at radius 2 is 1.44 bits per heavy atom. The summed E-state index contributed by atoms with van der Waals surface area (Å²) in [6, 6.07) is 21.9. The van der Waals surface area contributed by atoms with Crippen molar-refractivity contribution in [1.29, 1.82) is 0 Å². The Bertz CT molecular complexity index is 1720. The van der Waals surface area contributed by atoms with Crippen LogP contribution in [-0.4, -0.2) is 25.8 Å². The largest absolute Gasteiger partial charge is 0.494 e. The average molecular weight is 479 g/mol. The third-order valence-corrected chi connectivity index (χ3v) is 7.00. The molecule has 7 heteroatoms. The zero-order chi connectivity index (χ0) is 25.0. The Kier molecular flexibility index (Phi) is 5.16. The highest BCUT2D eigenvalue weighted by Gasteiger charge is 2.33. The van der Waals surface area contributed by atoms with Crippen molar-refractivity contribution in [2.45, 2.75) is 26.3 Å². The molecule has 7 nitrogen and oxygen atoms in total. The molecule has 0 spiro atoms. The molecule has 3 aromatic carbocycles. The maximum Gasteiger partial charge on any atom is 0.343 e. The molecule has 3 heterocycles. The number of nitrogens with one attached hydrogen (secondary N) is 2. The summed E-state index contributed by atoms with van der Waals surface area (Å²) in [5.74, 6) is -0.360. The van der Waals surface area contributed by atoms with Gasteiger partial charge in [-0.15, -0.1) is 0 Å². The second-order valence-electron chi connectivity index (χ2n) is 9.37. The highest BCUT2D eigenvalue weighted by molar-refractivity contribution is 5.85. The highest BCUT2D eigenvalue weighted by atomic mass is 16.3. The van der Waals surface area contributed by atoms with Crippen LogP contribution in [0.15, 0.2) is 82.4 Å². The van der Waals surface area contributed by atoms with E-state index in [9.17, 15) is 14.7 Å². The van der Waals surface area contributed by atoms with Crippen molar-refractivity contribution in [3.05, 3.63) is 122 Å². The van der Waals surface area contributed by atoms with Gasteiger partial charge in [-0.3, -0.25) is 4.79 Å². The lowest BCUT2D eigenvalue weighted by Crippen LogP contribution is -2.43. The van der Waals surface area contributed by atoms with Crippen LogP contribution in [0.5, 0.6) is 5.88 Å². The summed E-state index contributed by atoms with van der Waals surface area (Å²) in [7, 11) is 0. The van der Waals surface area contributed by atoms with Gasteiger partial charge >= 0.3 is 5.69 Å². The summed E-state index contributed by atoms with van der Waals surface area (Å²) in [5, 5.41) is 16.0. The second-order valence-corrected chi connectivity index (χ2v) is 9.37. The number of benzene rings is 3. The number of hydrogen-bond acceptors (Lipinski definition) is 4. The van der Waals surface area contributed by atoms with Gasteiger partial charge < -0.3 is 15.4 Å². The van der Waals surface area contributed by atoms with E-state index in [1.165, 1.54) is 4.57 Å². The van der Waals surface area contributed by atoms with E-state index in [0.717, 1.165) is 44.3 Å². The number of aromatic amines is 1. The first kappa shape index (κ1) is 22.1. The van der Waals surface area contributed by atoms with Gasteiger partial charge in [0.25, 0.3) is 5.56 Å². The third kappa shape index (κ3) is 3.39. The van der Waals surface area contributed by atoms with E-state index in [0.29, 0.717) is 17.9 Å². The molecule has 0 bridgehead atoms. The molecule has 36 heavy (non-hydrogen) atoms. The van der Waals surface area contributed by atoms with E-state index in [-0.39, 0.29) is 11.4 Å². The number of aromatic nitrogens is 3. The Hall–Kier alpha value is -4.36. The maximum atomic E-state index is 14.0. The first-order valence-electron chi connectivity index (χ1n) is 12.0. The molecule has 1 atom stereocenters. The minimum absolute atomic E-state index is 0.128. The molecular formula is C29H26N4O3. The first-order chi connectivity index (χ1) is 17.4. The van der Waals surface area contributed by atoms with Gasteiger partial charge in [-0.1, -0.05) is 53.6 Å². The minimum atomic E-state index is -0.623. The van der Waals surface area contributed by atoms with Crippen molar-refractivity contribution in [2.75, 3.05) is 6.54 Å². The lowest BCUT2D eigenvalue weighted by Gasteiger charge is -2.26. The molecule has 1 aliphatic heterocycles. The summed E-state index contributed by atoms with van der Waals surface area (Å²) in [5.41, 5.74) is 4.85. The van der Waals surface area contributed by atoms with Crippen molar-refractivity contribution in [3.63, 3.8) is 0 Å². The molecule has 2 aromatic heterocycles. The number of H-pyrrole nitrogens is 1. The van der Waals surface area contributed by atoms with Crippen molar-refractivity contribution in [1.82, 2.24) is 19.4 Å². The summed E-state index contributed by atoms with van der Waals surface area (Å²) in [6.45, 7) is 4.53. The van der Waals surface area contributed by atoms with Gasteiger partial charge in [0.2, 0.25) is 5.88 Å². The zero-order valence-electron chi connectivity index (χ0n) is 20.1. The van der Waals surface area contributed by atoms with Crippen LogP contribution in [0.1, 0.15) is 34.0 Å². The Morgan fingerprint density at radius 3 is 2.11 bits per heavy atom. The van der Waals surface area contributed by atoms with E-state index < -0.39 is 17.3 Å². The van der Waals surface area contributed by atoms with Crippen LogP contribution in [0.4, 0.5) is 0 Å². The second kappa shape index (κ2) is 8.39. The lowest BCUT2D eigenvalue weighted by atomic mass is 9.95. The van der Waals surface area contributed by atoms with E-state index in [2.05, 4.69) is 16.4 Å². The quantitative estimate of drug-likeness (QED) is 0.365. The summed E-state index contributed by atoms with van der Waals surface area (Å²) < 4.78 is 2.36. The van der Waals surface area contributed by atoms with Gasteiger partial charge in [0.05, 0.1) is 17.4 Å². The molecule has 0 fully saturated rings. The molecule has 3 N–H and O–H groups in total. The van der Waals surface area contributed by atoms with Crippen molar-refractivity contribution >= 4 is 10.9 Å². The topological polar surface area (TPSA) is 92.0 Å². The van der Waals surface area contributed by atoms with E-state index in [1.807, 2.05) is 56.3 Å². The van der Waals surface area contributed by atoms with E-state index in [1.54, 1.807) is 24.3 Å². The van der Waals surface area contributed by atoms with Crippen LogP contribution in [0, 0.1) is 13.8 Å². The normalized spacial score (nSPS) is 15.2. The fourth-order valence-electron chi connectivity index (χ4n) is 5.14. The first-order valence-corrected chi connectivity index (χ1v) is 12.0. The molecule has 5 aromatic rings. The van der Waals surface area contributed by atoms with Crippen LogP contribution >= 0.6 is 0 Å². The molecule has 1 aliphatic rings. The van der Waals surface area contributed by atoms with Crippen molar-refractivity contribution in [2.24, 2.45) is 0 Å². The molecule has 180 valence electrons. The molecule has 0 unspecified atom stereocenters. The predicted octanol–water partition coefficient (Wildman–Crippen LogP) is 4.03. The third-order valence-electron chi connectivity index (χ3n) is 7.00. The number of rotatable bonds is 3. The SMILES string of the molecule is Cc1ccc(-n2c(O)c([C@@H]3NCCc4c3[nH]c3ccccc43)c(=O)n(-c3ccc(C)cc3)c2=O)cc1. The van der Waals surface area contributed by atoms with Gasteiger partial charge in [-0.05, 0) is 56.2 Å². The van der Waals surface area contributed by atoms with Crippen LogP contribution in [-0.2, 0) is 6.42 Å². The van der Waals surface area contributed by atoms with Gasteiger partial charge in [0.15, 0.2) is 0 Å². The molecular weight excluding hydrogens is 452 g/mol. The van der Waals surface area contributed by atoms with Crippen LogP contribution < -0.4 is 16.6 Å². The van der Waals surface area contributed by atoms with Crippen molar-refractivity contribution < 1.29 is 5.11 Å². The fraction of sp³-hybridized carbons (Fsp3) is 0.172. The summed E-state index contributed by atoms with van der Waals surface area (Å²) in [4.78, 5) is 31.2. The maximum absolute atomic E-state index is 14.0.